The molecule has 0 aromatic heterocycles. The molecule has 0 N–H and O–H groups in total. The summed E-state index contributed by atoms with van der Waals surface area (Å²) in [6.07, 6.45) is 18.8. The number of benzene rings is 8. The van der Waals surface area contributed by atoms with Crippen LogP contribution in [0.4, 0.5) is 0 Å². The zero-order chi connectivity index (χ0) is 40.7. The average molecular weight is 896 g/mol. The van der Waals surface area contributed by atoms with Crippen LogP contribution >= 0.6 is 0 Å². The van der Waals surface area contributed by atoms with E-state index in [0.717, 1.165) is 8.45 Å². The Labute approximate surface area is 390 Å². The third-order valence-electron chi connectivity index (χ3n) is 16.0. The van der Waals surface area contributed by atoms with Crippen molar-refractivity contribution in [2.75, 3.05) is 0 Å². The van der Waals surface area contributed by atoms with Gasteiger partial charge in [0.15, 0.2) is 0 Å². The van der Waals surface area contributed by atoms with Crippen molar-refractivity contribution in [1.29, 1.82) is 0 Å². The van der Waals surface area contributed by atoms with Crippen molar-refractivity contribution in [3.63, 3.8) is 0 Å². The van der Waals surface area contributed by atoms with Crippen molar-refractivity contribution in [3.05, 3.63) is 179 Å². The summed E-state index contributed by atoms with van der Waals surface area (Å²) in [6, 6.07) is 56.4. The van der Waals surface area contributed by atoms with Crippen LogP contribution in [0.1, 0.15) is 109 Å². The van der Waals surface area contributed by atoms with Gasteiger partial charge in [0, 0.05) is 0 Å². The molecule has 4 atom stereocenters. The summed E-state index contributed by atoms with van der Waals surface area (Å²) in [4.78, 5) is 0. The minimum Gasteiger partial charge on any atom is -1.00 e. The SMILES string of the molecule is CCCCC1=Cc2c(-c3c4ccccc4cc4ccccc34)cccc2[CH]1[Ti+2]1([CH]2C(CCCC)=Cc3c(-c4c5ccccc5cc5ccccc45)cccc32)[CH]2CCCC[CH]21.[Cl-].[Cl-]. The first-order valence-electron chi connectivity index (χ1n) is 23.7. The standard InChI is InChI=1S/2C27H23.C6H10.2ClH.Ti/c2*1-2-3-9-19-16-20-12-8-15-25(26(20)17-19)27-23-13-6-4-10-21(23)18-22-11-5-7-14-24(22)27;1-2-4-6-5-3-1;;;/h2*4-8,10-18H,2-3,9H2,1H3;1-2H,3-6H2;2*1H;/q;;;;;+2/p-2. The Hall–Kier alpha value is -4.43. The molecule has 1 saturated heterocycles. The number of unbranched alkanes of at least 4 members (excludes halogenated alkanes) is 2. The van der Waals surface area contributed by atoms with Gasteiger partial charge >= 0.3 is 368 Å². The summed E-state index contributed by atoms with van der Waals surface area (Å²) < 4.78 is 3.08. The molecule has 0 radical (unpaired) electrons. The maximum Gasteiger partial charge on any atom is -1.00 e. The van der Waals surface area contributed by atoms with Crippen molar-refractivity contribution in [1.82, 2.24) is 0 Å². The Morgan fingerprint density at radius 1 is 0.444 bits per heavy atom. The predicted octanol–water partition coefficient (Wildman–Crippen LogP) is 11.9. The largest absolute Gasteiger partial charge is 1.00 e. The van der Waals surface area contributed by atoms with Crippen molar-refractivity contribution < 1.29 is 41.4 Å². The minimum atomic E-state index is -2.91. The Kier molecular flexibility index (Phi) is 11.6. The molecule has 12 rings (SSSR count). The van der Waals surface area contributed by atoms with Crippen LogP contribution in [-0.2, 0) is 16.6 Å². The van der Waals surface area contributed by atoms with Crippen LogP contribution in [0.3, 0.4) is 0 Å². The zero-order valence-electron chi connectivity index (χ0n) is 36.6. The normalized spacial score (nSPS) is 20.9. The maximum atomic E-state index is 2.78. The number of hydrogen-bond acceptors (Lipinski definition) is 0. The number of rotatable bonds is 10. The fourth-order valence-corrected chi connectivity index (χ4v) is 27.8. The van der Waals surface area contributed by atoms with Crippen LogP contribution in [0, 0.1) is 0 Å². The van der Waals surface area contributed by atoms with Gasteiger partial charge in [0.1, 0.15) is 0 Å². The van der Waals surface area contributed by atoms with Crippen LogP contribution in [0.15, 0.2) is 157 Å². The van der Waals surface area contributed by atoms with E-state index in [9.17, 15) is 0 Å². The summed E-state index contributed by atoms with van der Waals surface area (Å²) in [7, 11) is 0. The van der Waals surface area contributed by atoms with Gasteiger partial charge in [-0.1, -0.05) is 0 Å². The molecule has 0 amide bonds. The molecule has 3 aliphatic carbocycles. The van der Waals surface area contributed by atoms with Gasteiger partial charge in [0.2, 0.25) is 0 Å². The van der Waals surface area contributed by atoms with E-state index >= 15 is 0 Å². The molecule has 2 fully saturated rings. The van der Waals surface area contributed by atoms with E-state index in [2.05, 4.69) is 172 Å². The molecule has 8 aromatic rings. The van der Waals surface area contributed by atoms with Crippen molar-refractivity contribution in [2.45, 2.75) is 94.9 Å². The first kappa shape index (κ1) is 42.5. The van der Waals surface area contributed by atoms with Gasteiger partial charge in [-0.3, -0.25) is 0 Å². The third-order valence-corrected chi connectivity index (χ3v) is 26.8. The molecule has 4 aliphatic rings. The van der Waals surface area contributed by atoms with Gasteiger partial charge in [0.25, 0.3) is 0 Å². The molecule has 0 bridgehead atoms. The molecule has 0 spiro atoms. The monoisotopic (exact) mass is 894 g/mol. The number of fused-ring (bicyclic) bond motifs is 7. The second-order valence-electron chi connectivity index (χ2n) is 19.0. The predicted molar refractivity (Wildman–Crippen MR) is 260 cm³/mol. The van der Waals surface area contributed by atoms with E-state index < -0.39 is 16.6 Å². The Balaban J connectivity index is 0.00000236. The van der Waals surface area contributed by atoms with Crippen LogP contribution in [0.2, 0.25) is 8.45 Å². The number of hydrogen-bond donors (Lipinski definition) is 0. The third kappa shape index (κ3) is 6.57. The van der Waals surface area contributed by atoms with E-state index in [1.54, 1.807) is 33.4 Å². The van der Waals surface area contributed by atoms with Gasteiger partial charge < -0.3 is 24.8 Å². The summed E-state index contributed by atoms with van der Waals surface area (Å²) in [5.74, 6) is 0. The summed E-state index contributed by atoms with van der Waals surface area (Å²) in [5.41, 5.74) is 15.8. The first-order valence-corrected chi connectivity index (χ1v) is 27.3. The van der Waals surface area contributed by atoms with E-state index in [4.69, 9.17) is 0 Å². The van der Waals surface area contributed by atoms with Crippen LogP contribution in [-0.4, -0.2) is 0 Å². The summed E-state index contributed by atoms with van der Waals surface area (Å²) in [5, 5.41) is 10.9. The Bertz CT molecular complexity index is 2800. The van der Waals surface area contributed by atoms with Gasteiger partial charge in [0.05, 0.1) is 0 Å². The smallest absolute Gasteiger partial charge is 1.00 e. The van der Waals surface area contributed by atoms with E-state index in [-0.39, 0.29) is 24.8 Å². The second-order valence-corrected chi connectivity index (χ2v) is 26.3. The fourth-order valence-electron chi connectivity index (χ4n) is 13.6. The van der Waals surface area contributed by atoms with Crippen molar-refractivity contribution in [2.24, 2.45) is 0 Å². The van der Waals surface area contributed by atoms with Crippen molar-refractivity contribution in [3.8, 4) is 22.3 Å². The molecule has 0 nitrogen and oxygen atoms in total. The molecule has 1 heterocycles. The molecule has 1 aliphatic heterocycles. The summed E-state index contributed by atoms with van der Waals surface area (Å²) >= 11 is -2.91. The topological polar surface area (TPSA) is 0 Å². The minimum absolute atomic E-state index is 0. The van der Waals surface area contributed by atoms with Gasteiger partial charge in [-0.05, 0) is 0 Å². The molecule has 8 aromatic carbocycles. The van der Waals surface area contributed by atoms with Crippen LogP contribution < -0.4 is 24.8 Å². The van der Waals surface area contributed by atoms with Gasteiger partial charge in [-0.15, -0.1) is 0 Å². The van der Waals surface area contributed by atoms with E-state index in [1.165, 1.54) is 130 Å². The molecule has 63 heavy (non-hydrogen) atoms. The summed E-state index contributed by atoms with van der Waals surface area (Å²) in [6.45, 7) is 4.80. The number of halogens is 2. The van der Waals surface area contributed by atoms with E-state index in [0.29, 0.717) is 8.45 Å². The fraction of sp³-hybridized carbons (Fsp3) is 0.267. The Morgan fingerprint density at radius 2 is 0.810 bits per heavy atom. The quantitative estimate of drug-likeness (QED) is 0.0948. The van der Waals surface area contributed by atoms with Crippen LogP contribution in [0.5, 0.6) is 0 Å². The van der Waals surface area contributed by atoms with Gasteiger partial charge in [-0.25, -0.2) is 0 Å². The molecule has 1 saturated carbocycles. The molecule has 314 valence electrons. The molecular formula is C60H56Cl2Ti. The zero-order valence-corrected chi connectivity index (χ0v) is 39.7. The molecule has 3 heteroatoms. The molecular weight excluding hydrogens is 839 g/mol. The Morgan fingerprint density at radius 3 is 1.17 bits per heavy atom. The maximum absolute atomic E-state index is 2.91. The average Bonchev–Trinajstić information content (AvgIpc) is 3.57. The second kappa shape index (κ2) is 17.2. The molecule has 4 unspecified atom stereocenters. The first-order chi connectivity index (χ1) is 30.2. The van der Waals surface area contributed by atoms with Crippen molar-refractivity contribution >= 4 is 55.2 Å². The van der Waals surface area contributed by atoms with Crippen LogP contribution in [0.25, 0.3) is 77.5 Å². The van der Waals surface area contributed by atoms with E-state index in [1.807, 2.05) is 0 Å². The number of allylic oxidation sites excluding steroid dienone is 2. The van der Waals surface area contributed by atoms with Gasteiger partial charge in [-0.2, -0.15) is 0 Å².